The lowest BCUT2D eigenvalue weighted by Crippen LogP contribution is -2.28. The standard InChI is InChI=1S/C20H19N3OS2/c1-24-15-9-7-14(8-10-15)13-23-19(17-6-4-12-26-17)18(22-20(23)25)16-5-2-3-11-21-16/h2-12,18-19H,13H2,1H3,(H,22,25). The molecule has 26 heavy (non-hydrogen) atoms. The van der Waals surface area contributed by atoms with Crippen molar-refractivity contribution in [2.24, 2.45) is 0 Å². The van der Waals surface area contributed by atoms with Gasteiger partial charge in [0.1, 0.15) is 5.75 Å². The summed E-state index contributed by atoms with van der Waals surface area (Å²) in [5.41, 5.74) is 2.20. The molecule has 6 heteroatoms. The second kappa shape index (κ2) is 7.43. The highest BCUT2D eigenvalue weighted by atomic mass is 32.1. The molecule has 2 aromatic heterocycles. The summed E-state index contributed by atoms with van der Waals surface area (Å²) in [6.07, 6.45) is 1.83. The minimum atomic E-state index is 0.0422. The first-order valence-corrected chi connectivity index (χ1v) is 9.69. The Balaban J connectivity index is 1.66. The maximum Gasteiger partial charge on any atom is 0.170 e. The number of methoxy groups -OCH3 is 1. The summed E-state index contributed by atoms with van der Waals surface area (Å²) in [4.78, 5) is 8.09. The molecular weight excluding hydrogens is 362 g/mol. The SMILES string of the molecule is COc1ccc(CN2C(=S)NC(c3ccccn3)C2c2cccs2)cc1. The van der Waals surface area contributed by atoms with Gasteiger partial charge in [0, 0.05) is 17.6 Å². The van der Waals surface area contributed by atoms with Gasteiger partial charge < -0.3 is 15.0 Å². The zero-order valence-corrected chi connectivity index (χ0v) is 16.0. The molecular formula is C20H19N3OS2. The third kappa shape index (κ3) is 3.30. The summed E-state index contributed by atoms with van der Waals surface area (Å²) >= 11 is 7.44. The Morgan fingerprint density at radius 1 is 1.15 bits per heavy atom. The zero-order valence-electron chi connectivity index (χ0n) is 14.3. The Kier molecular flexibility index (Phi) is 4.86. The largest absolute Gasteiger partial charge is 0.497 e. The van der Waals surface area contributed by atoms with Gasteiger partial charge in [-0.2, -0.15) is 0 Å². The summed E-state index contributed by atoms with van der Waals surface area (Å²) in [5.74, 6) is 0.858. The molecule has 0 radical (unpaired) electrons. The van der Waals surface area contributed by atoms with E-state index in [1.54, 1.807) is 18.4 Å². The predicted octanol–water partition coefficient (Wildman–Crippen LogP) is 4.32. The fourth-order valence-electron chi connectivity index (χ4n) is 3.27. The molecule has 132 valence electrons. The van der Waals surface area contributed by atoms with Crippen molar-refractivity contribution in [3.8, 4) is 5.75 Å². The second-order valence-electron chi connectivity index (χ2n) is 6.12. The van der Waals surface area contributed by atoms with Crippen molar-refractivity contribution in [1.82, 2.24) is 15.2 Å². The normalized spacial score (nSPS) is 19.4. The van der Waals surface area contributed by atoms with Crippen LogP contribution in [0.4, 0.5) is 0 Å². The molecule has 4 nitrogen and oxygen atoms in total. The minimum Gasteiger partial charge on any atom is -0.497 e. The number of thiophene rings is 1. The summed E-state index contributed by atoms with van der Waals surface area (Å²) in [6, 6.07) is 18.6. The van der Waals surface area contributed by atoms with Gasteiger partial charge in [0.25, 0.3) is 0 Å². The maximum atomic E-state index is 5.68. The number of rotatable bonds is 5. The van der Waals surface area contributed by atoms with Crippen molar-refractivity contribution in [2.45, 2.75) is 18.6 Å². The molecule has 1 aliphatic rings. The smallest absolute Gasteiger partial charge is 0.170 e. The first-order chi connectivity index (χ1) is 12.8. The zero-order chi connectivity index (χ0) is 17.9. The van der Waals surface area contributed by atoms with Crippen molar-refractivity contribution in [1.29, 1.82) is 0 Å². The highest BCUT2D eigenvalue weighted by molar-refractivity contribution is 7.80. The molecule has 1 aromatic carbocycles. The molecule has 0 amide bonds. The third-order valence-corrected chi connectivity index (χ3v) is 5.84. The molecule has 0 aliphatic carbocycles. The van der Waals surface area contributed by atoms with Gasteiger partial charge in [0.15, 0.2) is 5.11 Å². The van der Waals surface area contributed by atoms with E-state index in [1.807, 2.05) is 30.5 Å². The molecule has 1 aliphatic heterocycles. The average molecular weight is 382 g/mol. The van der Waals surface area contributed by atoms with E-state index >= 15 is 0 Å². The molecule has 2 unspecified atom stereocenters. The van der Waals surface area contributed by atoms with Crippen molar-refractivity contribution in [2.75, 3.05) is 7.11 Å². The highest BCUT2D eigenvalue weighted by Gasteiger charge is 2.40. The number of hydrogen-bond donors (Lipinski definition) is 1. The monoisotopic (exact) mass is 381 g/mol. The topological polar surface area (TPSA) is 37.4 Å². The number of hydrogen-bond acceptors (Lipinski definition) is 4. The maximum absolute atomic E-state index is 5.68. The van der Waals surface area contributed by atoms with Crippen molar-refractivity contribution in [3.63, 3.8) is 0 Å². The van der Waals surface area contributed by atoms with E-state index < -0.39 is 0 Å². The molecule has 1 fully saturated rings. The van der Waals surface area contributed by atoms with Gasteiger partial charge in [-0.1, -0.05) is 24.3 Å². The number of nitrogens with zero attached hydrogens (tertiary/aromatic N) is 2. The lowest BCUT2D eigenvalue weighted by Gasteiger charge is -2.27. The van der Waals surface area contributed by atoms with E-state index in [1.165, 1.54) is 10.4 Å². The Morgan fingerprint density at radius 2 is 2.00 bits per heavy atom. The number of pyridine rings is 1. The van der Waals surface area contributed by atoms with Crippen molar-refractivity contribution in [3.05, 3.63) is 82.3 Å². The van der Waals surface area contributed by atoms with Crippen LogP contribution in [0.2, 0.25) is 0 Å². The first kappa shape index (κ1) is 17.0. The molecule has 1 saturated heterocycles. The van der Waals surface area contributed by atoms with Gasteiger partial charge in [-0.05, 0) is 53.5 Å². The van der Waals surface area contributed by atoms with Gasteiger partial charge >= 0.3 is 0 Å². The van der Waals surface area contributed by atoms with Crippen LogP contribution >= 0.6 is 23.6 Å². The van der Waals surface area contributed by atoms with Crippen LogP contribution in [-0.4, -0.2) is 22.1 Å². The van der Waals surface area contributed by atoms with Crippen LogP contribution in [0.25, 0.3) is 0 Å². The Hall–Kier alpha value is -2.44. The van der Waals surface area contributed by atoms with Crippen LogP contribution in [-0.2, 0) is 6.54 Å². The van der Waals surface area contributed by atoms with E-state index in [9.17, 15) is 0 Å². The van der Waals surface area contributed by atoms with E-state index in [-0.39, 0.29) is 12.1 Å². The van der Waals surface area contributed by atoms with Gasteiger partial charge in [0.2, 0.25) is 0 Å². The molecule has 0 saturated carbocycles. The minimum absolute atomic E-state index is 0.0422. The van der Waals surface area contributed by atoms with E-state index in [2.05, 4.69) is 50.9 Å². The summed E-state index contributed by atoms with van der Waals surface area (Å²) in [5, 5.41) is 6.35. The van der Waals surface area contributed by atoms with E-state index in [0.717, 1.165) is 23.1 Å². The fourth-order valence-corrected chi connectivity index (χ4v) is 4.45. The average Bonchev–Trinajstić information content (AvgIpc) is 3.32. The summed E-state index contributed by atoms with van der Waals surface area (Å²) < 4.78 is 5.26. The summed E-state index contributed by atoms with van der Waals surface area (Å²) in [7, 11) is 1.68. The van der Waals surface area contributed by atoms with Gasteiger partial charge in [-0.15, -0.1) is 11.3 Å². The van der Waals surface area contributed by atoms with Crippen molar-refractivity contribution >= 4 is 28.7 Å². The molecule has 0 bridgehead atoms. The summed E-state index contributed by atoms with van der Waals surface area (Å²) in [6.45, 7) is 0.738. The molecule has 4 rings (SSSR count). The first-order valence-electron chi connectivity index (χ1n) is 8.40. The highest BCUT2D eigenvalue weighted by Crippen LogP contribution is 2.41. The van der Waals surface area contributed by atoms with Gasteiger partial charge in [0.05, 0.1) is 24.9 Å². The number of thiocarbonyl (C=S) groups is 1. The van der Waals surface area contributed by atoms with Crippen LogP contribution in [0, 0.1) is 0 Å². The Labute approximate surface area is 162 Å². The van der Waals surface area contributed by atoms with Crippen LogP contribution < -0.4 is 10.1 Å². The molecule has 0 spiro atoms. The lowest BCUT2D eigenvalue weighted by atomic mass is 10.0. The molecule has 3 heterocycles. The van der Waals surface area contributed by atoms with Crippen LogP contribution in [0.5, 0.6) is 5.75 Å². The molecule has 2 atom stereocenters. The predicted molar refractivity (Wildman–Crippen MR) is 108 cm³/mol. The van der Waals surface area contributed by atoms with Gasteiger partial charge in [-0.3, -0.25) is 4.98 Å². The third-order valence-electron chi connectivity index (χ3n) is 4.54. The van der Waals surface area contributed by atoms with Crippen molar-refractivity contribution < 1.29 is 4.74 Å². The van der Waals surface area contributed by atoms with E-state index in [4.69, 9.17) is 17.0 Å². The van der Waals surface area contributed by atoms with Gasteiger partial charge in [-0.25, -0.2) is 0 Å². The van der Waals surface area contributed by atoms with E-state index in [0.29, 0.717) is 0 Å². The van der Waals surface area contributed by atoms with Crippen LogP contribution in [0.3, 0.4) is 0 Å². The number of aromatic nitrogens is 1. The Bertz CT molecular complexity index is 866. The number of ether oxygens (including phenoxy) is 1. The lowest BCUT2D eigenvalue weighted by molar-refractivity contribution is 0.315. The quantitative estimate of drug-likeness (QED) is 0.666. The molecule has 3 aromatic rings. The second-order valence-corrected chi connectivity index (χ2v) is 7.48. The van der Waals surface area contributed by atoms with Crippen LogP contribution in [0.1, 0.15) is 28.2 Å². The number of nitrogens with one attached hydrogen (secondary N) is 1. The van der Waals surface area contributed by atoms with Crippen LogP contribution in [0.15, 0.2) is 66.2 Å². The fraction of sp³-hybridized carbons (Fsp3) is 0.200. The number of benzene rings is 1. The Morgan fingerprint density at radius 3 is 2.65 bits per heavy atom. The molecule has 1 N–H and O–H groups in total.